The molecule has 4 heterocycles. The van der Waals surface area contributed by atoms with E-state index in [1.165, 1.54) is 11.3 Å². The van der Waals surface area contributed by atoms with Crippen molar-refractivity contribution >= 4 is 34.8 Å². The van der Waals surface area contributed by atoms with Gasteiger partial charge in [-0.3, -0.25) is 9.69 Å². The Kier molecular flexibility index (Phi) is 8.04. The van der Waals surface area contributed by atoms with Crippen molar-refractivity contribution < 1.29 is 19.7 Å². The molecule has 37 heavy (non-hydrogen) atoms. The summed E-state index contributed by atoms with van der Waals surface area (Å²) in [6.07, 6.45) is 1.67. The molecule has 0 saturated carbocycles. The zero-order valence-electron chi connectivity index (χ0n) is 20.4. The van der Waals surface area contributed by atoms with Gasteiger partial charge in [0.2, 0.25) is 11.9 Å². The molecule has 4 N–H and O–H groups in total. The molecule has 0 bridgehead atoms. The van der Waals surface area contributed by atoms with Crippen LogP contribution in [-0.2, 0) is 16.1 Å². The number of amides is 1. The molecule has 0 aliphatic carbocycles. The fraction of sp³-hybridized carbons (Fsp3) is 0.423. The fourth-order valence-corrected chi connectivity index (χ4v) is 5.81. The molecule has 196 valence electrons. The van der Waals surface area contributed by atoms with Crippen molar-refractivity contribution in [2.24, 2.45) is 0 Å². The number of nitrogens with zero attached hydrogens (tertiary/aromatic N) is 3. The highest BCUT2D eigenvalue weighted by atomic mass is 35.5. The maximum Gasteiger partial charge on any atom is 0.234 e. The molecular formula is C26H30ClN5O4S. The van der Waals surface area contributed by atoms with Crippen LogP contribution in [0.4, 0.5) is 5.95 Å². The molecule has 0 spiro atoms. The van der Waals surface area contributed by atoms with Crippen molar-refractivity contribution in [3.63, 3.8) is 0 Å². The van der Waals surface area contributed by atoms with Crippen LogP contribution in [0.5, 0.6) is 0 Å². The molecule has 2 aliphatic rings. The largest absolute Gasteiger partial charge is 0.391 e. The number of aliphatic hydroxyl groups excluding tert-OH is 2. The van der Waals surface area contributed by atoms with Crippen LogP contribution in [0.1, 0.15) is 48.0 Å². The van der Waals surface area contributed by atoms with Gasteiger partial charge in [0.05, 0.1) is 35.6 Å². The molecule has 1 aromatic carbocycles. The van der Waals surface area contributed by atoms with Gasteiger partial charge >= 0.3 is 0 Å². The Morgan fingerprint density at radius 2 is 2.14 bits per heavy atom. The Morgan fingerprint density at radius 1 is 1.32 bits per heavy atom. The number of carbonyl (C=O) groups is 1. The van der Waals surface area contributed by atoms with Gasteiger partial charge in [-0.05, 0) is 42.8 Å². The quantitative estimate of drug-likeness (QED) is 0.341. The summed E-state index contributed by atoms with van der Waals surface area (Å²) in [6.45, 7) is 3.49. The minimum atomic E-state index is -0.951. The van der Waals surface area contributed by atoms with Crippen LogP contribution in [0, 0.1) is 0 Å². The molecule has 1 unspecified atom stereocenters. The lowest BCUT2D eigenvalue weighted by Gasteiger charge is -2.24. The Labute approximate surface area is 224 Å². The Bertz CT molecular complexity index is 1240. The number of ether oxygens (including phenoxy) is 1. The third-order valence-corrected chi connectivity index (χ3v) is 7.94. The SMILES string of the molecule is C[C@H](O)[C@@H](NC(=O)CN1Cc2ccc(-c3nc(NC4CCOCC4)ncc3Cl)cc2C1O)c1cccs1. The van der Waals surface area contributed by atoms with Crippen molar-refractivity contribution in [3.05, 3.63) is 62.9 Å². The first-order chi connectivity index (χ1) is 17.9. The maximum atomic E-state index is 12.8. The van der Waals surface area contributed by atoms with Gasteiger partial charge in [0.25, 0.3) is 0 Å². The van der Waals surface area contributed by atoms with Crippen molar-refractivity contribution in [2.45, 2.75) is 50.7 Å². The van der Waals surface area contributed by atoms with Gasteiger partial charge in [-0.1, -0.05) is 29.8 Å². The average molecular weight is 544 g/mol. The van der Waals surface area contributed by atoms with Crippen LogP contribution >= 0.6 is 22.9 Å². The molecule has 3 aromatic rings. The monoisotopic (exact) mass is 543 g/mol. The summed E-state index contributed by atoms with van der Waals surface area (Å²) >= 11 is 7.93. The first-order valence-corrected chi connectivity index (χ1v) is 13.6. The third kappa shape index (κ3) is 5.95. The number of nitrogens with one attached hydrogen (secondary N) is 2. The molecular weight excluding hydrogens is 514 g/mol. The fourth-order valence-electron chi connectivity index (χ4n) is 4.74. The zero-order valence-corrected chi connectivity index (χ0v) is 22.0. The number of rotatable bonds is 8. The van der Waals surface area contributed by atoms with E-state index in [1.54, 1.807) is 18.0 Å². The topological polar surface area (TPSA) is 120 Å². The molecule has 5 rings (SSSR count). The summed E-state index contributed by atoms with van der Waals surface area (Å²) in [7, 11) is 0. The molecule has 1 fully saturated rings. The molecule has 9 nitrogen and oxygen atoms in total. The summed E-state index contributed by atoms with van der Waals surface area (Å²) in [5.74, 6) is 0.234. The number of aliphatic hydroxyl groups is 2. The second-order valence-corrected chi connectivity index (χ2v) is 10.8. The standard InChI is InChI=1S/C26H30ClN5O4S/c1-15(33)23(21-3-2-10-37-21)30-22(34)14-32-13-17-5-4-16(11-19(17)25(32)35)24-20(27)12-28-26(31-24)29-18-6-8-36-9-7-18/h2-5,10-12,15,18,23,25,33,35H,6-9,13-14H2,1H3,(H,30,34)(H,28,29,31)/t15-,23+,25?/m0/s1. The van der Waals surface area contributed by atoms with Crippen LogP contribution in [-0.4, -0.2) is 62.9 Å². The molecule has 1 saturated heterocycles. The lowest BCUT2D eigenvalue weighted by molar-refractivity contribution is -0.126. The molecule has 2 aromatic heterocycles. The van der Waals surface area contributed by atoms with Crippen molar-refractivity contribution in [2.75, 3.05) is 25.1 Å². The Hall–Kier alpha value is -2.60. The number of carbonyl (C=O) groups excluding carboxylic acids is 1. The number of hydrogen-bond donors (Lipinski definition) is 4. The minimum Gasteiger partial charge on any atom is -0.391 e. The molecule has 2 aliphatic heterocycles. The van der Waals surface area contributed by atoms with E-state index >= 15 is 0 Å². The van der Waals surface area contributed by atoms with E-state index < -0.39 is 18.4 Å². The van der Waals surface area contributed by atoms with E-state index in [2.05, 4.69) is 20.6 Å². The van der Waals surface area contributed by atoms with Gasteiger partial charge in [0.15, 0.2) is 0 Å². The van der Waals surface area contributed by atoms with Crippen LogP contribution in [0.3, 0.4) is 0 Å². The normalized spacial score (nSPS) is 19.8. The first-order valence-electron chi connectivity index (χ1n) is 12.3. The highest BCUT2D eigenvalue weighted by Gasteiger charge is 2.31. The summed E-state index contributed by atoms with van der Waals surface area (Å²) < 4.78 is 5.42. The zero-order chi connectivity index (χ0) is 25.9. The van der Waals surface area contributed by atoms with Crippen LogP contribution in [0.2, 0.25) is 5.02 Å². The van der Waals surface area contributed by atoms with Gasteiger partial charge in [-0.15, -0.1) is 11.3 Å². The van der Waals surface area contributed by atoms with E-state index in [0.717, 1.165) is 28.8 Å². The number of halogens is 1. The van der Waals surface area contributed by atoms with E-state index in [-0.39, 0.29) is 18.5 Å². The Balaban J connectivity index is 1.28. The van der Waals surface area contributed by atoms with Crippen LogP contribution < -0.4 is 10.6 Å². The van der Waals surface area contributed by atoms with E-state index in [4.69, 9.17) is 16.3 Å². The van der Waals surface area contributed by atoms with E-state index in [9.17, 15) is 15.0 Å². The third-order valence-electron chi connectivity index (χ3n) is 6.71. The number of fused-ring (bicyclic) bond motifs is 1. The van der Waals surface area contributed by atoms with Gasteiger partial charge in [0.1, 0.15) is 6.23 Å². The number of hydrogen-bond acceptors (Lipinski definition) is 9. The summed E-state index contributed by atoms with van der Waals surface area (Å²) in [5, 5.41) is 29.8. The van der Waals surface area contributed by atoms with Crippen molar-refractivity contribution in [3.8, 4) is 11.3 Å². The number of anilines is 1. The molecule has 3 atom stereocenters. The first kappa shape index (κ1) is 26.0. The number of thiophene rings is 1. The minimum absolute atomic E-state index is 0.00674. The van der Waals surface area contributed by atoms with Crippen molar-refractivity contribution in [1.29, 1.82) is 0 Å². The second-order valence-electron chi connectivity index (χ2n) is 9.41. The van der Waals surface area contributed by atoms with E-state index in [0.29, 0.717) is 42.0 Å². The van der Waals surface area contributed by atoms with Crippen LogP contribution in [0.25, 0.3) is 11.3 Å². The average Bonchev–Trinajstić information content (AvgIpc) is 3.53. The van der Waals surface area contributed by atoms with Gasteiger partial charge in [-0.25, -0.2) is 9.97 Å². The Morgan fingerprint density at radius 3 is 2.86 bits per heavy atom. The maximum absolute atomic E-state index is 12.8. The van der Waals surface area contributed by atoms with Gasteiger partial charge in [-0.2, -0.15) is 0 Å². The number of benzene rings is 1. The lowest BCUT2D eigenvalue weighted by Crippen LogP contribution is -2.41. The summed E-state index contributed by atoms with van der Waals surface area (Å²) in [6, 6.07) is 9.24. The van der Waals surface area contributed by atoms with E-state index in [1.807, 2.05) is 35.7 Å². The van der Waals surface area contributed by atoms with Gasteiger partial charge < -0.3 is 25.6 Å². The lowest BCUT2D eigenvalue weighted by atomic mass is 10.0. The second kappa shape index (κ2) is 11.4. The highest BCUT2D eigenvalue weighted by molar-refractivity contribution is 7.10. The van der Waals surface area contributed by atoms with Gasteiger partial charge in [0, 0.05) is 41.8 Å². The van der Waals surface area contributed by atoms with Crippen molar-refractivity contribution in [1.82, 2.24) is 20.2 Å². The highest BCUT2D eigenvalue weighted by Crippen LogP contribution is 2.36. The smallest absolute Gasteiger partial charge is 0.234 e. The molecule has 1 amide bonds. The predicted molar refractivity (Wildman–Crippen MR) is 142 cm³/mol. The predicted octanol–water partition coefficient (Wildman–Crippen LogP) is 3.49. The van der Waals surface area contributed by atoms with Crippen LogP contribution in [0.15, 0.2) is 41.9 Å². The molecule has 0 radical (unpaired) electrons. The summed E-state index contributed by atoms with van der Waals surface area (Å²) in [4.78, 5) is 24.4. The summed E-state index contributed by atoms with van der Waals surface area (Å²) in [5.41, 5.74) is 2.98. The number of aromatic nitrogens is 2. The molecule has 11 heteroatoms.